The zero-order valence-electron chi connectivity index (χ0n) is 23.2. The van der Waals surface area contributed by atoms with E-state index in [0.717, 1.165) is 52.9 Å². The molecule has 0 unspecified atom stereocenters. The number of benzene rings is 5. The minimum atomic E-state index is -0.817. The Kier molecular flexibility index (Phi) is 7.79. The van der Waals surface area contributed by atoms with Gasteiger partial charge in [0.2, 0.25) is 5.82 Å². The lowest BCUT2D eigenvalue weighted by molar-refractivity contribution is 0.396. The second-order valence-corrected chi connectivity index (χ2v) is 10.1. The van der Waals surface area contributed by atoms with Gasteiger partial charge in [0.25, 0.3) is 0 Å². The van der Waals surface area contributed by atoms with Crippen molar-refractivity contribution in [3.8, 4) is 22.5 Å². The first kappa shape index (κ1) is 26.4. The van der Waals surface area contributed by atoms with Crippen LogP contribution in [0.5, 0.6) is 0 Å². The number of hydrogen-bond acceptors (Lipinski definition) is 4. The van der Waals surface area contributed by atoms with Crippen molar-refractivity contribution in [3.63, 3.8) is 0 Å². The molecule has 41 heavy (non-hydrogen) atoms. The van der Waals surface area contributed by atoms with Crippen LogP contribution in [0.2, 0.25) is 0 Å². The van der Waals surface area contributed by atoms with E-state index >= 15 is 0 Å². The minimum absolute atomic E-state index is 0.591. The molecular formula is C36H33N5. The lowest BCUT2D eigenvalue weighted by Crippen LogP contribution is -2.39. The van der Waals surface area contributed by atoms with Crippen LogP contribution in [-0.2, 0) is 12.1 Å². The van der Waals surface area contributed by atoms with Crippen molar-refractivity contribution in [3.05, 3.63) is 162 Å². The van der Waals surface area contributed by atoms with Crippen LogP contribution in [0.25, 0.3) is 22.5 Å². The van der Waals surface area contributed by atoms with Crippen LogP contribution >= 0.6 is 0 Å². The molecule has 5 heteroatoms. The molecule has 0 aliphatic heterocycles. The molecule has 0 saturated carbocycles. The Balaban J connectivity index is 1.57. The smallest absolute Gasteiger partial charge is 0.205 e. The van der Waals surface area contributed by atoms with Gasteiger partial charge in [0, 0.05) is 12.1 Å². The summed E-state index contributed by atoms with van der Waals surface area (Å²) in [7, 11) is 0. The average molecular weight is 536 g/mol. The third-order valence-electron chi connectivity index (χ3n) is 7.45. The number of tetrazole rings is 1. The highest BCUT2D eigenvalue weighted by Gasteiger charge is 2.41. The predicted octanol–water partition coefficient (Wildman–Crippen LogP) is 7.35. The van der Waals surface area contributed by atoms with E-state index < -0.39 is 5.54 Å². The minimum Gasteiger partial charge on any atom is -0.313 e. The maximum absolute atomic E-state index is 5.18. The van der Waals surface area contributed by atoms with Crippen LogP contribution in [-0.4, -0.2) is 26.8 Å². The van der Waals surface area contributed by atoms with Gasteiger partial charge in [0.1, 0.15) is 0 Å². The molecule has 0 aliphatic rings. The SMILES string of the molecule is CCCNCc1ccc(-c2ccccc2)c(-c2nnn(C(c3ccccc3)(c3ccccc3)c3ccccc3)n2)c1. The lowest BCUT2D eigenvalue weighted by atomic mass is 9.77. The van der Waals surface area contributed by atoms with E-state index in [1.807, 2.05) is 24.3 Å². The Morgan fingerprint density at radius 2 is 1.17 bits per heavy atom. The largest absolute Gasteiger partial charge is 0.313 e. The number of aromatic nitrogens is 4. The molecule has 1 heterocycles. The molecule has 6 rings (SSSR count). The number of rotatable bonds is 10. The van der Waals surface area contributed by atoms with E-state index in [4.69, 9.17) is 15.4 Å². The molecule has 1 N–H and O–H groups in total. The van der Waals surface area contributed by atoms with Gasteiger partial charge in [-0.05, 0) is 57.6 Å². The first-order chi connectivity index (χ1) is 20.3. The summed E-state index contributed by atoms with van der Waals surface area (Å²) < 4.78 is 0. The van der Waals surface area contributed by atoms with Crippen LogP contribution in [0, 0.1) is 0 Å². The molecule has 0 atom stereocenters. The van der Waals surface area contributed by atoms with Crippen LogP contribution in [0.4, 0.5) is 0 Å². The highest BCUT2D eigenvalue weighted by Crippen LogP contribution is 2.40. The fourth-order valence-corrected chi connectivity index (χ4v) is 5.51. The number of nitrogens with zero attached hydrogens (tertiary/aromatic N) is 4. The first-order valence-corrected chi connectivity index (χ1v) is 14.2. The third-order valence-corrected chi connectivity index (χ3v) is 7.45. The Hall–Kier alpha value is -4.87. The fraction of sp³-hybridized carbons (Fsp3) is 0.139. The van der Waals surface area contributed by atoms with Crippen molar-refractivity contribution in [1.82, 2.24) is 25.5 Å². The summed E-state index contributed by atoms with van der Waals surface area (Å²) >= 11 is 0. The van der Waals surface area contributed by atoms with E-state index in [-0.39, 0.29) is 0 Å². The van der Waals surface area contributed by atoms with Gasteiger partial charge in [-0.15, -0.1) is 15.0 Å². The van der Waals surface area contributed by atoms with Crippen molar-refractivity contribution in [2.45, 2.75) is 25.4 Å². The molecule has 0 bridgehead atoms. The number of nitrogens with one attached hydrogen (secondary N) is 1. The quantitative estimate of drug-likeness (QED) is 0.147. The standard InChI is InChI=1S/C36H33N5/c1-2-25-37-27-28-23-24-33(29-15-7-3-8-16-29)34(26-28)35-38-40-41(39-35)36(30-17-9-4-10-18-30,31-19-11-5-12-20-31)32-21-13-6-14-22-32/h3-24,26,37H,2,25,27H2,1H3. The normalized spacial score (nSPS) is 11.4. The lowest BCUT2D eigenvalue weighted by Gasteiger charge is -2.34. The van der Waals surface area contributed by atoms with Gasteiger partial charge in [-0.1, -0.05) is 140 Å². The molecule has 5 aromatic carbocycles. The summed E-state index contributed by atoms with van der Waals surface area (Å²) in [5, 5.41) is 18.2. The summed E-state index contributed by atoms with van der Waals surface area (Å²) in [5.74, 6) is 0.591. The molecule has 6 aromatic rings. The zero-order chi connectivity index (χ0) is 27.9. The van der Waals surface area contributed by atoms with E-state index in [1.54, 1.807) is 4.80 Å². The topological polar surface area (TPSA) is 55.6 Å². The average Bonchev–Trinajstić information content (AvgIpc) is 3.54. The van der Waals surface area contributed by atoms with Crippen molar-refractivity contribution in [2.75, 3.05) is 6.54 Å². The van der Waals surface area contributed by atoms with E-state index in [9.17, 15) is 0 Å². The maximum atomic E-state index is 5.18. The second-order valence-electron chi connectivity index (χ2n) is 10.1. The second kappa shape index (κ2) is 12.1. The van der Waals surface area contributed by atoms with Crippen molar-refractivity contribution in [2.24, 2.45) is 0 Å². The van der Waals surface area contributed by atoms with Crippen LogP contribution in [0.1, 0.15) is 35.6 Å². The van der Waals surface area contributed by atoms with Gasteiger partial charge < -0.3 is 5.32 Å². The summed E-state index contributed by atoms with van der Waals surface area (Å²) in [6.07, 6.45) is 1.09. The van der Waals surface area contributed by atoms with Crippen molar-refractivity contribution >= 4 is 0 Å². The number of hydrogen-bond donors (Lipinski definition) is 1. The molecule has 0 amide bonds. The summed E-state index contributed by atoms with van der Waals surface area (Å²) in [5.41, 5.74) is 6.70. The molecule has 0 spiro atoms. The van der Waals surface area contributed by atoms with E-state index in [0.29, 0.717) is 5.82 Å². The molecule has 202 valence electrons. The molecule has 5 nitrogen and oxygen atoms in total. The molecule has 0 radical (unpaired) electrons. The van der Waals surface area contributed by atoms with E-state index in [2.05, 4.69) is 128 Å². The Morgan fingerprint density at radius 3 is 1.71 bits per heavy atom. The monoisotopic (exact) mass is 535 g/mol. The van der Waals surface area contributed by atoms with Crippen molar-refractivity contribution in [1.29, 1.82) is 0 Å². The van der Waals surface area contributed by atoms with Gasteiger partial charge in [-0.2, -0.15) is 0 Å². The van der Waals surface area contributed by atoms with Crippen molar-refractivity contribution < 1.29 is 0 Å². The summed E-state index contributed by atoms with van der Waals surface area (Å²) in [6.45, 7) is 3.93. The van der Waals surface area contributed by atoms with Gasteiger partial charge in [0.05, 0.1) is 0 Å². The van der Waals surface area contributed by atoms with Crippen LogP contribution < -0.4 is 5.32 Å². The fourth-order valence-electron chi connectivity index (χ4n) is 5.51. The molecular weight excluding hydrogens is 502 g/mol. The van der Waals surface area contributed by atoms with Gasteiger partial charge >= 0.3 is 0 Å². The predicted molar refractivity (Wildman–Crippen MR) is 165 cm³/mol. The highest BCUT2D eigenvalue weighted by atomic mass is 15.6. The molecule has 0 aliphatic carbocycles. The van der Waals surface area contributed by atoms with E-state index in [1.165, 1.54) is 5.56 Å². The molecule has 0 saturated heterocycles. The van der Waals surface area contributed by atoms with Gasteiger partial charge in [-0.3, -0.25) is 0 Å². The summed E-state index contributed by atoms with van der Waals surface area (Å²) in [4.78, 5) is 1.79. The highest BCUT2D eigenvalue weighted by molar-refractivity contribution is 5.80. The Morgan fingerprint density at radius 1 is 0.634 bits per heavy atom. The first-order valence-electron chi connectivity index (χ1n) is 14.2. The summed E-state index contributed by atoms with van der Waals surface area (Å²) in [6, 6.07) is 48.3. The van der Waals surface area contributed by atoms with Gasteiger partial charge in [-0.25, -0.2) is 0 Å². The molecule has 1 aromatic heterocycles. The van der Waals surface area contributed by atoms with Gasteiger partial charge in [0.15, 0.2) is 5.54 Å². The Bertz CT molecular complexity index is 1580. The van der Waals surface area contributed by atoms with Crippen LogP contribution in [0.15, 0.2) is 140 Å². The van der Waals surface area contributed by atoms with Crippen LogP contribution in [0.3, 0.4) is 0 Å². The third kappa shape index (κ3) is 5.20. The molecule has 0 fully saturated rings. The zero-order valence-corrected chi connectivity index (χ0v) is 23.2. The maximum Gasteiger partial charge on any atom is 0.205 e. The Labute approximate surface area is 241 Å².